The van der Waals surface area contributed by atoms with Crippen molar-refractivity contribution in [3.63, 3.8) is 0 Å². The van der Waals surface area contributed by atoms with Crippen LogP contribution >= 0.6 is 0 Å². The van der Waals surface area contributed by atoms with E-state index in [1.807, 2.05) is 55.5 Å². The zero-order valence-corrected chi connectivity index (χ0v) is 13.4. The van der Waals surface area contributed by atoms with E-state index < -0.39 is 5.97 Å². The Balaban J connectivity index is 2.27. The monoisotopic (exact) mass is 308 g/mol. The van der Waals surface area contributed by atoms with Gasteiger partial charge in [0.25, 0.3) is 0 Å². The average Bonchev–Trinajstić information content (AvgIpc) is 2.56. The number of benzene rings is 2. The number of carbonyl (C=O) groups is 2. The van der Waals surface area contributed by atoms with Crippen LogP contribution in [0.25, 0.3) is 11.6 Å². The van der Waals surface area contributed by atoms with Crippen molar-refractivity contribution in [1.29, 1.82) is 0 Å². The van der Waals surface area contributed by atoms with Gasteiger partial charge in [-0.25, -0.2) is 0 Å². The van der Waals surface area contributed by atoms with Crippen LogP contribution in [-0.4, -0.2) is 18.4 Å². The molecule has 2 aromatic rings. The summed E-state index contributed by atoms with van der Waals surface area (Å²) < 4.78 is 4.85. The van der Waals surface area contributed by atoms with E-state index in [9.17, 15) is 9.59 Å². The number of rotatable bonds is 6. The van der Waals surface area contributed by atoms with Crippen molar-refractivity contribution in [2.75, 3.05) is 6.61 Å². The van der Waals surface area contributed by atoms with E-state index in [2.05, 4.69) is 0 Å². The zero-order valence-electron chi connectivity index (χ0n) is 13.4. The topological polar surface area (TPSA) is 43.4 Å². The van der Waals surface area contributed by atoms with Gasteiger partial charge in [-0.05, 0) is 30.5 Å². The Kier molecular flexibility index (Phi) is 5.87. The van der Waals surface area contributed by atoms with Crippen molar-refractivity contribution in [2.45, 2.75) is 20.3 Å². The van der Waals surface area contributed by atoms with Gasteiger partial charge in [-0.2, -0.15) is 0 Å². The Hall–Kier alpha value is -2.68. The second-order valence-electron chi connectivity index (χ2n) is 5.19. The highest BCUT2D eigenvalue weighted by Gasteiger charge is 2.15. The molecule has 0 unspecified atom stereocenters. The van der Waals surface area contributed by atoms with Gasteiger partial charge in [0.15, 0.2) is 5.78 Å². The predicted molar refractivity (Wildman–Crippen MR) is 92.0 cm³/mol. The number of hydrogen-bond acceptors (Lipinski definition) is 3. The maximum Gasteiger partial charge on any atom is 0.313 e. The third-order valence-corrected chi connectivity index (χ3v) is 3.47. The van der Waals surface area contributed by atoms with Crippen molar-refractivity contribution in [1.82, 2.24) is 0 Å². The minimum absolute atomic E-state index is 0.226. The molecule has 118 valence electrons. The fourth-order valence-electron chi connectivity index (χ4n) is 2.33. The first-order chi connectivity index (χ1) is 11.1. The lowest BCUT2D eigenvalue weighted by Crippen LogP contribution is -2.12. The number of ether oxygens (including phenoxy) is 1. The molecule has 0 heterocycles. The Morgan fingerprint density at radius 3 is 2.35 bits per heavy atom. The van der Waals surface area contributed by atoms with Gasteiger partial charge in [0, 0.05) is 5.56 Å². The van der Waals surface area contributed by atoms with E-state index >= 15 is 0 Å². The minimum atomic E-state index is -0.490. The van der Waals surface area contributed by atoms with E-state index in [0.717, 1.165) is 16.7 Å². The highest BCUT2D eigenvalue weighted by molar-refractivity contribution is 6.08. The molecule has 0 fully saturated rings. The van der Waals surface area contributed by atoms with Crippen LogP contribution in [-0.2, 0) is 9.53 Å². The third kappa shape index (κ3) is 4.65. The summed E-state index contributed by atoms with van der Waals surface area (Å²) in [4.78, 5) is 23.9. The molecule has 0 saturated heterocycles. The summed E-state index contributed by atoms with van der Waals surface area (Å²) in [5, 5.41) is 0. The molecule has 0 spiro atoms. The highest BCUT2D eigenvalue weighted by Crippen LogP contribution is 2.20. The van der Waals surface area contributed by atoms with E-state index in [1.54, 1.807) is 19.1 Å². The Bertz CT molecular complexity index is 715. The molecule has 2 rings (SSSR count). The molecule has 3 heteroatoms. The number of allylic oxidation sites excluding steroid dienone is 1. The summed E-state index contributed by atoms with van der Waals surface area (Å²) in [6.07, 6.45) is 1.73. The number of Topliss-reactive ketones (excluding diaryl/α,β-unsaturated/α-hetero) is 1. The zero-order chi connectivity index (χ0) is 16.7. The second kappa shape index (κ2) is 8.08. The normalized spacial score (nSPS) is 11.1. The summed E-state index contributed by atoms with van der Waals surface area (Å²) in [6, 6.07) is 17.3. The first-order valence-electron chi connectivity index (χ1n) is 7.63. The second-order valence-corrected chi connectivity index (χ2v) is 5.19. The Labute approximate surface area is 136 Å². The lowest BCUT2D eigenvalue weighted by molar-refractivity contribution is -0.141. The summed E-state index contributed by atoms with van der Waals surface area (Å²) in [7, 11) is 0. The van der Waals surface area contributed by atoms with Crippen molar-refractivity contribution in [3.05, 3.63) is 71.3 Å². The molecule has 0 aliphatic carbocycles. The van der Waals surface area contributed by atoms with Gasteiger partial charge < -0.3 is 4.74 Å². The van der Waals surface area contributed by atoms with Crippen LogP contribution in [0, 0.1) is 0 Å². The molecule has 0 radical (unpaired) electrons. The number of esters is 1. The van der Waals surface area contributed by atoms with Gasteiger partial charge in [0.1, 0.15) is 6.42 Å². The number of hydrogen-bond donors (Lipinski definition) is 0. The molecule has 0 atom stereocenters. The maximum absolute atomic E-state index is 12.3. The van der Waals surface area contributed by atoms with Crippen LogP contribution in [0.1, 0.15) is 41.8 Å². The van der Waals surface area contributed by atoms with Crippen molar-refractivity contribution < 1.29 is 14.3 Å². The minimum Gasteiger partial charge on any atom is -0.466 e. The first kappa shape index (κ1) is 16.7. The van der Waals surface area contributed by atoms with Crippen LogP contribution in [0.2, 0.25) is 0 Å². The quantitative estimate of drug-likeness (QED) is 0.344. The first-order valence-corrected chi connectivity index (χ1v) is 7.63. The molecule has 0 aliphatic heterocycles. The standard InChI is InChI=1S/C20H20O3/c1-3-23-20(22)14-19(21)18-12-8-7-11-17(18)13-15(2)16-9-5-4-6-10-16/h4-13H,3,14H2,1-2H3/b15-13+. The number of ketones is 1. The Morgan fingerprint density at radius 2 is 1.65 bits per heavy atom. The molecule has 23 heavy (non-hydrogen) atoms. The highest BCUT2D eigenvalue weighted by atomic mass is 16.5. The van der Waals surface area contributed by atoms with Gasteiger partial charge >= 0.3 is 5.97 Å². The maximum atomic E-state index is 12.3. The molecular weight excluding hydrogens is 288 g/mol. The molecule has 0 aliphatic rings. The lowest BCUT2D eigenvalue weighted by Gasteiger charge is -2.07. The van der Waals surface area contributed by atoms with Gasteiger partial charge in [0.2, 0.25) is 0 Å². The average molecular weight is 308 g/mol. The van der Waals surface area contributed by atoms with Gasteiger partial charge in [-0.15, -0.1) is 0 Å². The summed E-state index contributed by atoms with van der Waals surface area (Å²) in [5.41, 5.74) is 3.50. The van der Waals surface area contributed by atoms with E-state index in [0.29, 0.717) is 5.56 Å². The van der Waals surface area contributed by atoms with Crippen LogP contribution in [0.5, 0.6) is 0 Å². The van der Waals surface area contributed by atoms with Gasteiger partial charge in [-0.3, -0.25) is 9.59 Å². The third-order valence-electron chi connectivity index (χ3n) is 3.47. The molecule has 0 amide bonds. The van der Waals surface area contributed by atoms with E-state index in [4.69, 9.17) is 4.74 Å². The van der Waals surface area contributed by atoms with Crippen molar-refractivity contribution in [3.8, 4) is 0 Å². The van der Waals surface area contributed by atoms with Crippen LogP contribution in [0.15, 0.2) is 54.6 Å². The summed E-state index contributed by atoms with van der Waals surface area (Å²) in [6.45, 7) is 4.00. The van der Waals surface area contributed by atoms with Gasteiger partial charge in [0.05, 0.1) is 6.61 Å². The largest absolute Gasteiger partial charge is 0.466 e. The molecule has 3 nitrogen and oxygen atoms in total. The molecule has 0 saturated carbocycles. The predicted octanol–water partition coefficient (Wildman–Crippen LogP) is 4.38. The molecular formula is C20H20O3. The van der Waals surface area contributed by atoms with E-state index in [-0.39, 0.29) is 18.8 Å². The van der Waals surface area contributed by atoms with Crippen molar-refractivity contribution >= 4 is 23.4 Å². The van der Waals surface area contributed by atoms with Crippen LogP contribution in [0.4, 0.5) is 0 Å². The smallest absolute Gasteiger partial charge is 0.313 e. The fourth-order valence-corrected chi connectivity index (χ4v) is 2.33. The lowest BCUT2D eigenvalue weighted by atomic mass is 9.98. The number of carbonyl (C=O) groups excluding carboxylic acids is 2. The van der Waals surface area contributed by atoms with Crippen molar-refractivity contribution in [2.24, 2.45) is 0 Å². The van der Waals surface area contributed by atoms with Crippen LogP contribution in [0.3, 0.4) is 0 Å². The molecule has 2 aromatic carbocycles. The molecule has 0 bridgehead atoms. The van der Waals surface area contributed by atoms with E-state index in [1.165, 1.54) is 0 Å². The molecule has 0 aromatic heterocycles. The molecule has 0 N–H and O–H groups in total. The Morgan fingerprint density at radius 1 is 1.00 bits per heavy atom. The van der Waals surface area contributed by atoms with Gasteiger partial charge in [-0.1, -0.05) is 60.7 Å². The SMILES string of the molecule is CCOC(=O)CC(=O)c1ccccc1/C=C(\C)c1ccccc1. The summed E-state index contributed by atoms with van der Waals surface area (Å²) in [5.74, 6) is -0.716. The van der Waals surface area contributed by atoms with Crippen LogP contribution < -0.4 is 0 Å². The fraction of sp³-hybridized carbons (Fsp3) is 0.200. The summed E-state index contributed by atoms with van der Waals surface area (Å²) >= 11 is 0.